The monoisotopic (exact) mass is 287 g/mol. The minimum Gasteiger partial charge on any atom is -0.489 e. The van der Waals surface area contributed by atoms with Gasteiger partial charge in [-0.15, -0.1) is 0 Å². The van der Waals surface area contributed by atoms with Crippen LogP contribution in [0, 0.1) is 0 Å². The molecular weight excluding hydrogens is 270 g/mol. The average Bonchev–Trinajstić information content (AvgIpc) is 2.83. The Morgan fingerprint density at radius 1 is 1.62 bits per heavy atom. The van der Waals surface area contributed by atoms with Crippen LogP contribution in [0.5, 0.6) is 5.75 Å². The minimum atomic E-state index is -0.416. The van der Waals surface area contributed by atoms with Crippen molar-refractivity contribution in [2.75, 3.05) is 19.5 Å². The lowest BCUT2D eigenvalue weighted by molar-refractivity contribution is 0.0600. The van der Waals surface area contributed by atoms with Crippen molar-refractivity contribution in [2.45, 2.75) is 19.4 Å². The molecule has 1 aromatic heterocycles. The number of nitrogen functional groups attached to an aromatic ring is 1. The number of aromatic nitrogens is 2. The Bertz CT molecular complexity index is 733. The summed E-state index contributed by atoms with van der Waals surface area (Å²) < 4.78 is 12.5. The molecule has 0 saturated heterocycles. The molecule has 2 heterocycles. The van der Waals surface area contributed by atoms with Crippen LogP contribution in [0.25, 0.3) is 11.0 Å². The zero-order valence-electron chi connectivity index (χ0n) is 12.0. The standard InChI is InChI=1S/C15H17N3O3/c1-3-4-5-10-8-21-12-7-9(14(19)20-2)6-11-13(12)18(10)15(16)17-11/h3-4,6-7,10H,5,8H2,1-2H3,(H2,16,17)/b4-3+. The Morgan fingerprint density at radius 2 is 2.43 bits per heavy atom. The van der Waals surface area contributed by atoms with Crippen LogP contribution in [0.3, 0.4) is 0 Å². The fourth-order valence-electron chi connectivity index (χ4n) is 2.65. The molecule has 110 valence electrons. The summed E-state index contributed by atoms with van der Waals surface area (Å²) in [6, 6.07) is 3.47. The van der Waals surface area contributed by atoms with Gasteiger partial charge in [0.2, 0.25) is 5.95 Å². The fraction of sp³-hybridized carbons (Fsp3) is 0.333. The summed E-state index contributed by atoms with van der Waals surface area (Å²) in [5.74, 6) is 0.640. The van der Waals surface area contributed by atoms with Crippen molar-refractivity contribution in [3.63, 3.8) is 0 Å². The maximum atomic E-state index is 11.7. The number of anilines is 1. The van der Waals surface area contributed by atoms with Crippen molar-refractivity contribution in [2.24, 2.45) is 0 Å². The number of hydrogen-bond donors (Lipinski definition) is 1. The van der Waals surface area contributed by atoms with E-state index in [0.717, 1.165) is 11.9 Å². The van der Waals surface area contributed by atoms with Crippen LogP contribution >= 0.6 is 0 Å². The van der Waals surface area contributed by atoms with Crippen LogP contribution in [-0.4, -0.2) is 29.2 Å². The number of nitrogens with two attached hydrogens (primary N) is 1. The second-order valence-corrected chi connectivity index (χ2v) is 4.94. The van der Waals surface area contributed by atoms with Gasteiger partial charge in [0.1, 0.15) is 17.9 Å². The molecule has 0 fully saturated rings. The van der Waals surface area contributed by atoms with Gasteiger partial charge in [-0.05, 0) is 25.5 Å². The molecule has 1 unspecified atom stereocenters. The van der Waals surface area contributed by atoms with Gasteiger partial charge in [0.05, 0.1) is 24.2 Å². The van der Waals surface area contributed by atoms with Crippen LogP contribution in [0.1, 0.15) is 29.7 Å². The van der Waals surface area contributed by atoms with E-state index in [-0.39, 0.29) is 6.04 Å². The molecule has 1 aromatic carbocycles. The van der Waals surface area contributed by atoms with Gasteiger partial charge in [-0.1, -0.05) is 12.2 Å². The van der Waals surface area contributed by atoms with Gasteiger partial charge in [-0.25, -0.2) is 9.78 Å². The lowest BCUT2D eigenvalue weighted by atomic mass is 10.1. The highest BCUT2D eigenvalue weighted by molar-refractivity contribution is 5.97. The van der Waals surface area contributed by atoms with Gasteiger partial charge in [-0.2, -0.15) is 0 Å². The Morgan fingerprint density at radius 3 is 3.14 bits per heavy atom. The summed E-state index contributed by atoms with van der Waals surface area (Å²) in [7, 11) is 1.35. The number of carbonyl (C=O) groups excluding carboxylic acids is 1. The first-order valence-corrected chi connectivity index (χ1v) is 6.79. The number of methoxy groups -OCH3 is 1. The average molecular weight is 287 g/mol. The lowest BCUT2D eigenvalue weighted by Gasteiger charge is -2.25. The maximum absolute atomic E-state index is 11.7. The number of allylic oxidation sites excluding steroid dienone is 2. The number of imidazole rings is 1. The Labute approximate surface area is 122 Å². The molecular formula is C15H17N3O3. The number of nitrogens with zero attached hydrogens (tertiary/aromatic N) is 2. The zero-order valence-corrected chi connectivity index (χ0v) is 12.0. The molecule has 1 aliphatic heterocycles. The molecule has 0 radical (unpaired) electrons. The van der Waals surface area contributed by atoms with E-state index in [1.165, 1.54) is 7.11 Å². The smallest absolute Gasteiger partial charge is 0.338 e. The third-order valence-electron chi connectivity index (χ3n) is 3.64. The molecule has 6 nitrogen and oxygen atoms in total. The van der Waals surface area contributed by atoms with Crippen molar-refractivity contribution >= 4 is 23.0 Å². The van der Waals surface area contributed by atoms with Crippen molar-refractivity contribution in [1.29, 1.82) is 0 Å². The molecule has 0 bridgehead atoms. The van der Waals surface area contributed by atoms with E-state index in [4.69, 9.17) is 15.2 Å². The Kier molecular flexibility index (Phi) is 3.29. The highest BCUT2D eigenvalue weighted by Crippen LogP contribution is 2.37. The number of carbonyl (C=O) groups is 1. The van der Waals surface area contributed by atoms with E-state index >= 15 is 0 Å². The van der Waals surface area contributed by atoms with Gasteiger partial charge in [0, 0.05) is 0 Å². The molecule has 0 spiro atoms. The third kappa shape index (κ3) is 2.12. The number of hydrogen-bond acceptors (Lipinski definition) is 5. The SMILES string of the molecule is C/C=C/CC1COc2cc(C(=O)OC)cc3nc(N)n1c23. The van der Waals surface area contributed by atoms with Crippen molar-refractivity contribution in [1.82, 2.24) is 9.55 Å². The Balaban J connectivity index is 2.15. The molecule has 21 heavy (non-hydrogen) atoms. The van der Waals surface area contributed by atoms with Crippen molar-refractivity contribution in [3.8, 4) is 5.75 Å². The molecule has 0 amide bonds. The molecule has 2 N–H and O–H groups in total. The maximum Gasteiger partial charge on any atom is 0.338 e. The summed E-state index contributed by atoms with van der Waals surface area (Å²) in [6.45, 7) is 2.48. The van der Waals surface area contributed by atoms with Crippen LogP contribution in [0.15, 0.2) is 24.3 Å². The first-order chi connectivity index (χ1) is 10.2. The largest absolute Gasteiger partial charge is 0.489 e. The normalized spacial score (nSPS) is 17.1. The molecule has 3 rings (SSSR count). The van der Waals surface area contributed by atoms with Gasteiger partial charge in [0.15, 0.2) is 0 Å². The van der Waals surface area contributed by atoms with Crippen LogP contribution in [0.4, 0.5) is 5.95 Å². The van der Waals surface area contributed by atoms with E-state index in [9.17, 15) is 4.79 Å². The van der Waals surface area contributed by atoms with Crippen LogP contribution in [-0.2, 0) is 4.74 Å². The number of rotatable bonds is 3. The van der Waals surface area contributed by atoms with Crippen molar-refractivity contribution < 1.29 is 14.3 Å². The number of benzene rings is 1. The zero-order chi connectivity index (χ0) is 15.0. The quantitative estimate of drug-likeness (QED) is 0.692. The first kappa shape index (κ1) is 13.5. The topological polar surface area (TPSA) is 79.4 Å². The molecule has 2 aromatic rings. The van der Waals surface area contributed by atoms with E-state index in [1.54, 1.807) is 12.1 Å². The van der Waals surface area contributed by atoms with E-state index in [1.807, 2.05) is 17.6 Å². The summed E-state index contributed by atoms with van der Waals surface area (Å²) in [4.78, 5) is 16.0. The molecule has 1 aliphatic rings. The van der Waals surface area contributed by atoms with Crippen LogP contribution in [0.2, 0.25) is 0 Å². The highest BCUT2D eigenvalue weighted by Gasteiger charge is 2.26. The van der Waals surface area contributed by atoms with E-state index in [0.29, 0.717) is 29.4 Å². The number of esters is 1. The fourth-order valence-corrected chi connectivity index (χ4v) is 2.65. The molecule has 1 atom stereocenters. The highest BCUT2D eigenvalue weighted by atomic mass is 16.5. The minimum absolute atomic E-state index is 0.114. The second-order valence-electron chi connectivity index (χ2n) is 4.94. The van der Waals surface area contributed by atoms with Crippen molar-refractivity contribution in [3.05, 3.63) is 29.8 Å². The van der Waals surface area contributed by atoms with E-state index < -0.39 is 5.97 Å². The molecule has 6 heteroatoms. The lowest BCUT2D eigenvalue weighted by Crippen LogP contribution is -2.23. The predicted molar refractivity (Wildman–Crippen MR) is 79.4 cm³/mol. The Hall–Kier alpha value is -2.50. The van der Waals surface area contributed by atoms with Gasteiger partial charge >= 0.3 is 5.97 Å². The summed E-state index contributed by atoms with van der Waals surface area (Å²) in [5.41, 5.74) is 7.94. The van der Waals surface area contributed by atoms with E-state index in [2.05, 4.69) is 11.1 Å². The first-order valence-electron chi connectivity index (χ1n) is 6.79. The molecule has 0 saturated carbocycles. The summed E-state index contributed by atoms with van der Waals surface area (Å²) in [6.07, 6.45) is 4.90. The van der Waals surface area contributed by atoms with Crippen LogP contribution < -0.4 is 10.5 Å². The second kappa shape index (κ2) is 5.12. The summed E-state index contributed by atoms with van der Waals surface area (Å²) in [5, 5.41) is 0. The predicted octanol–water partition coefficient (Wildman–Crippen LogP) is 2.30. The third-order valence-corrected chi connectivity index (χ3v) is 3.64. The number of ether oxygens (including phenoxy) is 2. The van der Waals surface area contributed by atoms with Gasteiger partial charge < -0.3 is 19.8 Å². The molecule has 0 aliphatic carbocycles. The summed E-state index contributed by atoms with van der Waals surface area (Å²) >= 11 is 0. The van der Waals surface area contributed by atoms with Gasteiger partial charge in [-0.3, -0.25) is 0 Å². The van der Waals surface area contributed by atoms with Gasteiger partial charge in [0.25, 0.3) is 0 Å².